The van der Waals surface area contributed by atoms with Gasteiger partial charge < -0.3 is 30.4 Å². The first kappa shape index (κ1) is 37.2. The Kier molecular flexibility index (Phi) is 43.5. The second-order valence-electron chi connectivity index (χ2n) is 8.64. The molecule has 0 aromatic heterocycles. The van der Waals surface area contributed by atoms with Crippen molar-refractivity contribution in [3.63, 3.8) is 0 Å². The van der Waals surface area contributed by atoms with E-state index >= 15 is 0 Å². The van der Waals surface area contributed by atoms with Crippen LogP contribution in [-0.2, 0) is 9.59 Å². The maximum Gasteiger partial charge on any atom is 0.0739 e. The van der Waals surface area contributed by atoms with Crippen LogP contribution in [0, 0.1) is 0 Å². The molecule has 0 unspecified atom stereocenters. The lowest BCUT2D eigenvalue weighted by atomic mass is 10.0. The quantitative estimate of drug-likeness (QED) is 0.350. The molecule has 4 N–H and O–H groups in total. The van der Waals surface area contributed by atoms with Crippen molar-refractivity contribution in [3.05, 3.63) is 0 Å². The lowest BCUT2D eigenvalue weighted by Gasteiger charge is -2.03. The van der Waals surface area contributed by atoms with Crippen LogP contribution in [0.15, 0.2) is 0 Å². The van der Waals surface area contributed by atoms with Gasteiger partial charge in [0, 0.05) is 11.9 Å². The van der Waals surface area contributed by atoms with Crippen LogP contribution in [-0.4, -0.2) is 39.6 Å². The van der Waals surface area contributed by atoms with Gasteiger partial charge >= 0.3 is 0 Å². The molecule has 6 heteroatoms. The summed E-state index contributed by atoms with van der Waals surface area (Å²) in [5.41, 5.74) is 3.89. The normalized spacial score (nSPS) is 9.55. The van der Waals surface area contributed by atoms with Gasteiger partial charge in [0.1, 0.15) is 0 Å². The van der Waals surface area contributed by atoms with Gasteiger partial charge in [-0.05, 0) is 26.7 Å². The number of nitrogens with one attached hydrogen (secondary N) is 1. The standard InChI is InChI=1S/C18H39N.C3H9N.2C2H4O2/c1-2-3-4-5-6-7-8-9-10-11-12-13-14-15-16-17-18-19;1-4(2)3;2*1-2(3)4/h2-19H2,1H3;1-3H3;2*1H3,(H,3,4). The van der Waals surface area contributed by atoms with E-state index in [2.05, 4.69) is 33.8 Å². The van der Waals surface area contributed by atoms with Crippen molar-refractivity contribution in [3.8, 4) is 0 Å². The van der Waals surface area contributed by atoms with Gasteiger partial charge in [-0.1, -0.05) is 96.8 Å². The number of unbranched alkanes of at least 4 members (excludes halogenated alkanes) is 15. The molecule has 0 heterocycles. The van der Waals surface area contributed by atoms with Crippen molar-refractivity contribution < 1.29 is 30.4 Å². The van der Waals surface area contributed by atoms with Crippen LogP contribution in [0.3, 0.4) is 0 Å². The maximum absolute atomic E-state index is 8.89. The fourth-order valence-electron chi connectivity index (χ4n) is 2.72. The zero-order chi connectivity index (χ0) is 24.8. The van der Waals surface area contributed by atoms with Crippen LogP contribution in [0.1, 0.15) is 124 Å². The lowest BCUT2D eigenvalue weighted by Crippen LogP contribution is -3.02. The minimum absolute atomic E-state index is 0.972. The Bertz CT molecular complexity index is 299. The molecule has 0 aromatic rings. The zero-order valence-corrected chi connectivity index (χ0v) is 21.9. The second kappa shape index (κ2) is 36.2. The highest BCUT2D eigenvalue weighted by molar-refractivity contribution is 5.60. The van der Waals surface area contributed by atoms with Crippen LogP contribution >= 0.6 is 0 Å². The molecule has 0 spiro atoms. The minimum Gasteiger partial charge on any atom is -0.550 e. The van der Waals surface area contributed by atoms with Crippen LogP contribution < -0.4 is 20.8 Å². The molecule has 0 fully saturated rings. The Balaban J connectivity index is -0.000000247. The number of carboxylic acid groups (broad SMARTS) is 2. The molecule has 190 valence electrons. The third-order valence-corrected chi connectivity index (χ3v) is 4.10. The first-order valence-corrected chi connectivity index (χ1v) is 12.5. The SMILES string of the molecule is CC(=O)[O-].CC(=O)[O-].CCCCCCCCCCCCCCCCCC[NH3+].C[NH+](C)C. The summed E-state index contributed by atoms with van der Waals surface area (Å²) in [5.74, 6) is -2.17. The first-order chi connectivity index (χ1) is 14.6. The van der Waals surface area contributed by atoms with E-state index in [9.17, 15) is 0 Å². The van der Waals surface area contributed by atoms with E-state index < -0.39 is 11.9 Å². The molecule has 31 heavy (non-hydrogen) atoms. The third kappa shape index (κ3) is 94.3. The van der Waals surface area contributed by atoms with E-state index in [0.717, 1.165) is 20.4 Å². The van der Waals surface area contributed by atoms with E-state index in [-0.39, 0.29) is 0 Å². The van der Waals surface area contributed by atoms with E-state index in [1.165, 1.54) is 108 Å². The Hall–Kier alpha value is -1.14. The third-order valence-electron chi connectivity index (χ3n) is 4.10. The minimum atomic E-state index is -1.08. The monoisotopic (exact) mass is 448 g/mol. The van der Waals surface area contributed by atoms with Crippen molar-refractivity contribution in [1.82, 2.24) is 0 Å². The number of rotatable bonds is 16. The van der Waals surface area contributed by atoms with Crippen molar-refractivity contribution in [2.75, 3.05) is 27.7 Å². The average Bonchev–Trinajstić information content (AvgIpc) is 2.63. The first-order valence-electron chi connectivity index (χ1n) is 12.5. The highest BCUT2D eigenvalue weighted by atomic mass is 16.4. The summed E-state index contributed by atoms with van der Waals surface area (Å²) in [7, 11) is 6.25. The molecule has 0 rings (SSSR count). The number of aliphatic carboxylic acids is 2. The second-order valence-corrected chi connectivity index (χ2v) is 8.64. The topological polar surface area (TPSA) is 112 Å². The Morgan fingerprint density at radius 3 is 0.903 bits per heavy atom. The summed E-state index contributed by atoms with van der Waals surface area (Å²) in [6.07, 6.45) is 23.2. The number of quaternary nitrogens is 2. The Morgan fingerprint density at radius 2 is 0.742 bits per heavy atom. The van der Waals surface area contributed by atoms with Crippen LogP contribution in [0.4, 0.5) is 0 Å². The van der Waals surface area contributed by atoms with Gasteiger partial charge in [0.05, 0.1) is 27.7 Å². The fourth-order valence-corrected chi connectivity index (χ4v) is 2.72. The van der Waals surface area contributed by atoms with Gasteiger partial charge in [-0.25, -0.2) is 0 Å². The number of carbonyl (C=O) groups excluding carboxylic acids is 2. The van der Waals surface area contributed by atoms with Crippen molar-refractivity contribution in [2.24, 2.45) is 0 Å². The number of carbonyl (C=O) groups is 2. The molecule has 0 aromatic carbocycles. The molecule has 0 saturated carbocycles. The van der Waals surface area contributed by atoms with Gasteiger partial charge in [0.25, 0.3) is 0 Å². The number of carboxylic acids is 2. The number of hydrogen-bond donors (Lipinski definition) is 2. The average molecular weight is 449 g/mol. The van der Waals surface area contributed by atoms with Crippen molar-refractivity contribution in [2.45, 2.75) is 124 Å². The summed E-state index contributed by atoms with van der Waals surface area (Å²) in [5, 5.41) is 17.8. The van der Waals surface area contributed by atoms with Gasteiger partial charge in [-0.3, -0.25) is 0 Å². The van der Waals surface area contributed by atoms with Gasteiger partial charge in [0.15, 0.2) is 0 Å². The molecule has 0 aliphatic carbocycles. The molecule has 0 saturated heterocycles. The summed E-state index contributed by atoms with van der Waals surface area (Å²) >= 11 is 0. The van der Waals surface area contributed by atoms with Crippen LogP contribution in [0.25, 0.3) is 0 Å². The summed E-state index contributed by atoms with van der Waals surface area (Å²) < 4.78 is 0. The van der Waals surface area contributed by atoms with Crippen molar-refractivity contribution in [1.29, 1.82) is 0 Å². The summed E-state index contributed by atoms with van der Waals surface area (Å²) in [4.78, 5) is 19.2. The summed E-state index contributed by atoms with van der Waals surface area (Å²) in [6.45, 7) is 5.36. The smallest absolute Gasteiger partial charge is 0.0739 e. The number of hydrogen-bond acceptors (Lipinski definition) is 4. The van der Waals surface area contributed by atoms with E-state index in [1.807, 2.05) is 0 Å². The molecular weight excluding hydrogens is 392 g/mol. The van der Waals surface area contributed by atoms with Crippen LogP contribution in [0.5, 0.6) is 0 Å². The molecule has 6 nitrogen and oxygen atoms in total. The molecule has 0 atom stereocenters. The van der Waals surface area contributed by atoms with E-state index in [1.54, 1.807) is 0 Å². The Morgan fingerprint density at radius 1 is 0.581 bits per heavy atom. The molecule has 0 amide bonds. The molecule has 0 radical (unpaired) electrons. The Labute approximate surface area is 194 Å². The zero-order valence-electron chi connectivity index (χ0n) is 21.9. The fraction of sp³-hybridized carbons (Fsp3) is 0.920. The molecule has 0 aliphatic heterocycles. The molecule has 0 bridgehead atoms. The predicted molar refractivity (Wildman–Crippen MR) is 127 cm³/mol. The van der Waals surface area contributed by atoms with E-state index in [4.69, 9.17) is 19.8 Å². The van der Waals surface area contributed by atoms with Gasteiger partial charge in [0.2, 0.25) is 0 Å². The van der Waals surface area contributed by atoms with Crippen molar-refractivity contribution >= 4 is 11.9 Å². The predicted octanol–water partition coefficient (Wildman–Crippen LogP) is 1.76. The van der Waals surface area contributed by atoms with Gasteiger partial charge in [-0.2, -0.15) is 0 Å². The molecular formula is C25H56N2O4. The largest absolute Gasteiger partial charge is 0.550 e. The summed E-state index contributed by atoms with van der Waals surface area (Å²) in [6, 6.07) is 0. The lowest BCUT2D eigenvalue weighted by molar-refractivity contribution is -0.836. The maximum atomic E-state index is 8.89. The van der Waals surface area contributed by atoms with Crippen LogP contribution in [0.2, 0.25) is 0 Å². The molecule has 0 aliphatic rings. The highest BCUT2D eigenvalue weighted by Crippen LogP contribution is 2.13. The van der Waals surface area contributed by atoms with Gasteiger partial charge in [-0.15, -0.1) is 0 Å². The highest BCUT2D eigenvalue weighted by Gasteiger charge is 1.94. The van der Waals surface area contributed by atoms with E-state index in [0.29, 0.717) is 0 Å².